The van der Waals surface area contributed by atoms with E-state index in [2.05, 4.69) is 10.3 Å². The zero-order valence-corrected chi connectivity index (χ0v) is 10.9. The van der Waals surface area contributed by atoms with Crippen molar-refractivity contribution in [1.82, 2.24) is 4.98 Å². The summed E-state index contributed by atoms with van der Waals surface area (Å²) in [5.41, 5.74) is 0.331. The van der Waals surface area contributed by atoms with Crippen molar-refractivity contribution in [3.63, 3.8) is 0 Å². The van der Waals surface area contributed by atoms with Crippen LogP contribution in [0.15, 0.2) is 30.5 Å². The molecular weight excluding hydrogens is 265 g/mol. The monoisotopic (exact) mass is 275 g/mol. The fourth-order valence-corrected chi connectivity index (χ4v) is 2.18. The van der Waals surface area contributed by atoms with Crippen LogP contribution in [0, 0.1) is 17.1 Å². The van der Waals surface area contributed by atoms with Crippen LogP contribution in [0.1, 0.15) is 23.3 Å². The van der Waals surface area contributed by atoms with E-state index in [0.717, 1.165) is 11.3 Å². The number of nitriles is 1. The standard InChI is InChI=1S/C13H10FN3OS/c1-8(10-4-2-3-5-11(10)14)12(18)17-13-16-7-9(6-15)19-13/h2-5,7-8H,1H3,(H,16,17,18). The number of anilines is 1. The normalized spacial score (nSPS) is 11.6. The van der Waals surface area contributed by atoms with E-state index in [1.54, 1.807) is 25.1 Å². The molecule has 2 rings (SSSR count). The maximum atomic E-state index is 13.6. The molecule has 1 heterocycles. The van der Waals surface area contributed by atoms with E-state index >= 15 is 0 Å². The number of thiazole rings is 1. The highest BCUT2D eigenvalue weighted by atomic mass is 32.1. The van der Waals surface area contributed by atoms with Gasteiger partial charge in [0.25, 0.3) is 0 Å². The minimum absolute atomic E-state index is 0.331. The lowest BCUT2D eigenvalue weighted by Crippen LogP contribution is -2.19. The summed E-state index contributed by atoms with van der Waals surface area (Å²) in [5, 5.41) is 11.6. The van der Waals surface area contributed by atoms with E-state index in [4.69, 9.17) is 5.26 Å². The van der Waals surface area contributed by atoms with E-state index in [-0.39, 0.29) is 5.91 Å². The van der Waals surface area contributed by atoms with Gasteiger partial charge in [-0.25, -0.2) is 9.37 Å². The first-order chi connectivity index (χ1) is 9.11. The Kier molecular flexibility index (Phi) is 3.88. The van der Waals surface area contributed by atoms with Crippen LogP contribution in [0.25, 0.3) is 0 Å². The summed E-state index contributed by atoms with van der Waals surface area (Å²) in [6.07, 6.45) is 1.38. The molecule has 1 unspecified atom stereocenters. The van der Waals surface area contributed by atoms with Gasteiger partial charge in [-0.3, -0.25) is 4.79 Å². The predicted octanol–water partition coefficient (Wildman–Crippen LogP) is 2.90. The van der Waals surface area contributed by atoms with Gasteiger partial charge < -0.3 is 5.32 Å². The largest absolute Gasteiger partial charge is 0.301 e. The zero-order chi connectivity index (χ0) is 13.8. The van der Waals surface area contributed by atoms with Crippen molar-refractivity contribution in [2.45, 2.75) is 12.8 Å². The summed E-state index contributed by atoms with van der Waals surface area (Å²) in [7, 11) is 0. The van der Waals surface area contributed by atoms with Crippen LogP contribution in [-0.4, -0.2) is 10.9 Å². The second kappa shape index (κ2) is 5.59. The number of amides is 1. The van der Waals surface area contributed by atoms with Crippen molar-refractivity contribution in [2.75, 3.05) is 5.32 Å². The molecule has 0 saturated heterocycles. The molecule has 6 heteroatoms. The summed E-state index contributed by atoms with van der Waals surface area (Å²) in [6.45, 7) is 1.62. The fraction of sp³-hybridized carbons (Fsp3) is 0.154. The number of carbonyl (C=O) groups excluding carboxylic acids is 1. The molecule has 1 aromatic carbocycles. The van der Waals surface area contributed by atoms with Crippen LogP contribution in [0.2, 0.25) is 0 Å². The summed E-state index contributed by atoms with van der Waals surface area (Å²) >= 11 is 1.08. The molecule has 1 N–H and O–H groups in total. The molecule has 1 aromatic heterocycles. The minimum Gasteiger partial charge on any atom is -0.301 e. The molecule has 0 fully saturated rings. The Bertz CT molecular complexity index is 647. The molecule has 4 nitrogen and oxygen atoms in total. The molecule has 0 aliphatic rings. The number of halogens is 1. The fourth-order valence-electron chi connectivity index (χ4n) is 1.56. The van der Waals surface area contributed by atoms with E-state index in [9.17, 15) is 9.18 Å². The molecule has 0 aliphatic heterocycles. The Morgan fingerprint density at radius 2 is 2.26 bits per heavy atom. The van der Waals surface area contributed by atoms with E-state index in [0.29, 0.717) is 15.6 Å². The quantitative estimate of drug-likeness (QED) is 0.936. The smallest absolute Gasteiger partial charge is 0.233 e. The Balaban J connectivity index is 2.12. The number of aromatic nitrogens is 1. The van der Waals surface area contributed by atoms with Gasteiger partial charge in [-0.1, -0.05) is 29.5 Å². The van der Waals surface area contributed by atoms with Crippen LogP contribution >= 0.6 is 11.3 Å². The van der Waals surface area contributed by atoms with Gasteiger partial charge in [0.15, 0.2) is 5.13 Å². The summed E-state index contributed by atoms with van der Waals surface area (Å²) in [4.78, 5) is 16.3. The minimum atomic E-state index is -0.629. The van der Waals surface area contributed by atoms with Crippen molar-refractivity contribution in [3.8, 4) is 6.07 Å². The highest BCUT2D eigenvalue weighted by Crippen LogP contribution is 2.22. The van der Waals surface area contributed by atoms with E-state index in [1.807, 2.05) is 6.07 Å². The first-order valence-corrected chi connectivity index (χ1v) is 6.34. The zero-order valence-electron chi connectivity index (χ0n) is 10.1. The topological polar surface area (TPSA) is 65.8 Å². The molecular formula is C13H10FN3OS. The van der Waals surface area contributed by atoms with Crippen molar-refractivity contribution in [3.05, 3.63) is 46.7 Å². The highest BCUT2D eigenvalue weighted by molar-refractivity contribution is 7.16. The molecule has 0 radical (unpaired) electrons. The third-order valence-corrected chi connectivity index (χ3v) is 3.43. The molecule has 96 valence electrons. The lowest BCUT2D eigenvalue weighted by Gasteiger charge is -2.11. The molecule has 1 atom stereocenters. The van der Waals surface area contributed by atoms with E-state index < -0.39 is 11.7 Å². The summed E-state index contributed by atoms with van der Waals surface area (Å²) in [6, 6.07) is 8.08. The number of nitrogens with zero attached hydrogens (tertiary/aromatic N) is 2. The van der Waals surface area contributed by atoms with Crippen LogP contribution in [0.4, 0.5) is 9.52 Å². The number of hydrogen-bond donors (Lipinski definition) is 1. The molecule has 19 heavy (non-hydrogen) atoms. The predicted molar refractivity (Wildman–Crippen MR) is 70.3 cm³/mol. The van der Waals surface area contributed by atoms with Crippen molar-refractivity contribution < 1.29 is 9.18 Å². The molecule has 1 amide bonds. The van der Waals surface area contributed by atoms with Gasteiger partial charge >= 0.3 is 0 Å². The maximum absolute atomic E-state index is 13.6. The maximum Gasteiger partial charge on any atom is 0.233 e. The number of rotatable bonds is 3. The van der Waals surface area contributed by atoms with Crippen LogP contribution in [0.5, 0.6) is 0 Å². The van der Waals surface area contributed by atoms with Gasteiger partial charge in [-0.15, -0.1) is 0 Å². The lowest BCUT2D eigenvalue weighted by atomic mass is 10.00. The first-order valence-electron chi connectivity index (χ1n) is 5.53. The van der Waals surface area contributed by atoms with Crippen molar-refractivity contribution >= 4 is 22.4 Å². The van der Waals surface area contributed by atoms with Gasteiger partial charge in [0, 0.05) is 0 Å². The van der Waals surface area contributed by atoms with Crippen LogP contribution in [-0.2, 0) is 4.79 Å². The third-order valence-electron chi connectivity index (χ3n) is 2.61. The second-order valence-electron chi connectivity index (χ2n) is 3.87. The van der Waals surface area contributed by atoms with Crippen LogP contribution in [0.3, 0.4) is 0 Å². The Morgan fingerprint density at radius 3 is 2.89 bits per heavy atom. The van der Waals surface area contributed by atoms with Crippen LogP contribution < -0.4 is 5.32 Å². The number of benzene rings is 1. The van der Waals surface area contributed by atoms with E-state index in [1.165, 1.54) is 12.3 Å². The average Bonchev–Trinajstić information content (AvgIpc) is 2.86. The van der Waals surface area contributed by atoms with Gasteiger partial charge in [0.2, 0.25) is 5.91 Å². The first kappa shape index (κ1) is 13.2. The lowest BCUT2D eigenvalue weighted by molar-refractivity contribution is -0.117. The molecule has 0 saturated carbocycles. The summed E-state index contributed by atoms with van der Waals surface area (Å²) < 4.78 is 13.6. The van der Waals surface area contributed by atoms with Gasteiger partial charge in [0.05, 0.1) is 12.1 Å². The molecule has 2 aromatic rings. The SMILES string of the molecule is CC(C(=O)Nc1ncc(C#N)s1)c1ccccc1F. The van der Waals surface area contributed by atoms with Gasteiger partial charge in [-0.2, -0.15) is 5.26 Å². The molecule has 0 spiro atoms. The third kappa shape index (κ3) is 2.95. The average molecular weight is 275 g/mol. The van der Waals surface area contributed by atoms with Crippen molar-refractivity contribution in [1.29, 1.82) is 5.26 Å². The number of nitrogens with one attached hydrogen (secondary N) is 1. The highest BCUT2D eigenvalue weighted by Gasteiger charge is 2.19. The number of carbonyl (C=O) groups is 1. The van der Waals surface area contributed by atoms with Crippen molar-refractivity contribution in [2.24, 2.45) is 0 Å². The Morgan fingerprint density at radius 1 is 1.53 bits per heavy atom. The van der Waals surface area contributed by atoms with Gasteiger partial charge in [0.1, 0.15) is 16.8 Å². The number of hydrogen-bond acceptors (Lipinski definition) is 4. The molecule has 0 bridgehead atoms. The van der Waals surface area contributed by atoms with Gasteiger partial charge in [-0.05, 0) is 18.6 Å². The second-order valence-corrected chi connectivity index (χ2v) is 4.90. The Hall–Kier alpha value is -2.26. The molecule has 0 aliphatic carbocycles. The Labute approximate surface area is 113 Å². The summed E-state index contributed by atoms with van der Waals surface area (Å²) in [5.74, 6) is -1.40.